The molecule has 126 valence electrons. The molecule has 0 bridgehead atoms. The molecule has 2 aromatic carbocycles. The Bertz CT molecular complexity index is 875. The Hall–Kier alpha value is -2.80. The summed E-state index contributed by atoms with van der Waals surface area (Å²) < 4.78 is 19.2. The van der Waals surface area contributed by atoms with Crippen LogP contribution in [-0.4, -0.2) is 29.4 Å². The fraction of sp³-hybridized carbons (Fsp3) is 0.0556. The van der Waals surface area contributed by atoms with Crippen molar-refractivity contribution in [2.75, 3.05) is 6.73 Å². The van der Waals surface area contributed by atoms with Gasteiger partial charge in [-0.3, -0.25) is 9.59 Å². The van der Waals surface area contributed by atoms with Crippen molar-refractivity contribution in [3.63, 3.8) is 0 Å². The molecule has 0 aromatic heterocycles. The quantitative estimate of drug-likeness (QED) is 0.445. The second kappa shape index (κ2) is 6.98. The molecule has 1 aliphatic rings. The van der Waals surface area contributed by atoms with Crippen LogP contribution in [0.2, 0.25) is 0 Å². The number of halogens is 2. The number of benzene rings is 2. The molecule has 2 aromatic rings. The van der Waals surface area contributed by atoms with Crippen LogP contribution in [0.1, 0.15) is 26.3 Å². The van der Waals surface area contributed by atoms with Gasteiger partial charge < -0.3 is 4.74 Å². The minimum Gasteiger partial charge on any atom is -0.441 e. The van der Waals surface area contributed by atoms with Gasteiger partial charge in [0.2, 0.25) is 0 Å². The summed E-state index contributed by atoms with van der Waals surface area (Å²) in [5, 5.41) is 0. The Labute approximate surface area is 150 Å². The van der Waals surface area contributed by atoms with Crippen molar-refractivity contribution in [3.8, 4) is 0 Å². The maximum absolute atomic E-state index is 13.6. The van der Waals surface area contributed by atoms with E-state index in [2.05, 4.69) is 15.9 Å². The number of fused-ring (bicyclic) bond motifs is 1. The summed E-state index contributed by atoms with van der Waals surface area (Å²) in [7, 11) is 0. The molecule has 3 rings (SSSR count). The van der Waals surface area contributed by atoms with E-state index in [1.165, 1.54) is 36.4 Å². The highest BCUT2D eigenvalue weighted by Crippen LogP contribution is 2.22. The summed E-state index contributed by atoms with van der Waals surface area (Å²) in [6.45, 7) is -0.503. The van der Waals surface area contributed by atoms with Gasteiger partial charge in [0.1, 0.15) is 5.82 Å². The van der Waals surface area contributed by atoms with E-state index >= 15 is 0 Å². The molecule has 0 N–H and O–H groups in total. The Balaban J connectivity index is 1.64. The molecule has 25 heavy (non-hydrogen) atoms. The molecule has 0 atom stereocenters. The first-order valence-electron chi connectivity index (χ1n) is 7.22. The molecule has 0 fully saturated rings. The van der Waals surface area contributed by atoms with Crippen molar-refractivity contribution in [1.29, 1.82) is 0 Å². The van der Waals surface area contributed by atoms with E-state index in [1.54, 1.807) is 12.1 Å². The van der Waals surface area contributed by atoms with Crippen LogP contribution in [0.3, 0.4) is 0 Å². The monoisotopic (exact) mass is 403 g/mol. The number of amides is 2. The molecule has 0 radical (unpaired) electrons. The summed E-state index contributed by atoms with van der Waals surface area (Å²) >= 11 is 3.21. The first-order chi connectivity index (χ1) is 12.0. The predicted octanol–water partition coefficient (Wildman–Crippen LogP) is 3.40. The highest BCUT2D eigenvalue weighted by Gasteiger charge is 2.35. The summed E-state index contributed by atoms with van der Waals surface area (Å²) in [6.07, 6.45) is 2.29. The van der Waals surface area contributed by atoms with Crippen molar-refractivity contribution in [2.24, 2.45) is 0 Å². The standard InChI is InChI=1S/C18H11BrFNO4/c19-12-6-7-15(20)11(9-12)5-8-16(22)25-10-21-17(23)13-3-1-2-4-14(13)18(21)24/h1-9H,10H2/b8-5+. The second-order valence-corrected chi connectivity index (χ2v) is 6.09. The molecule has 0 saturated heterocycles. The largest absolute Gasteiger partial charge is 0.441 e. The van der Waals surface area contributed by atoms with Crippen LogP contribution >= 0.6 is 15.9 Å². The van der Waals surface area contributed by atoms with Gasteiger partial charge in [-0.2, -0.15) is 0 Å². The van der Waals surface area contributed by atoms with Crippen molar-refractivity contribution in [2.45, 2.75) is 0 Å². The lowest BCUT2D eigenvalue weighted by molar-refractivity contribution is -0.140. The summed E-state index contributed by atoms with van der Waals surface area (Å²) in [5.74, 6) is -2.32. The Morgan fingerprint density at radius 3 is 2.40 bits per heavy atom. The molecule has 7 heteroatoms. The van der Waals surface area contributed by atoms with Gasteiger partial charge in [0.15, 0.2) is 6.73 Å². The number of ether oxygens (including phenoxy) is 1. The van der Waals surface area contributed by atoms with E-state index in [0.717, 1.165) is 11.0 Å². The van der Waals surface area contributed by atoms with Crippen LogP contribution in [0, 0.1) is 5.82 Å². The Kier molecular flexibility index (Phi) is 4.76. The topological polar surface area (TPSA) is 63.7 Å². The van der Waals surface area contributed by atoms with Crippen LogP contribution in [-0.2, 0) is 9.53 Å². The van der Waals surface area contributed by atoms with E-state index in [0.29, 0.717) is 4.47 Å². The fourth-order valence-electron chi connectivity index (χ4n) is 2.33. The van der Waals surface area contributed by atoms with Crippen LogP contribution in [0.15, 0.2) is 53.0 Å². The van der Waals surface area contributed by atoms with E-state index in [-0.39, 0.29) is 16.7 Å². The van der Waals surface area contributed by atoms with Gasteiger partial charge in [0.25, 0.3) is 11.8 Å². The highest BCUT2D eigenvalue weighted by atomic mass is 79.9. The Morgan fingerprint density at radius 1 is 1.12 bits per heavy atom. The average Bonchev–Trinajstić information content (AvgIpc) is 2.85. The molecular weight excluding hydrogens is 393 g/mol. The van der Waals surface area contributed by atoms with Crippen molar-refractivity contribution >= 4 is 39.8 Å². The molecule has 0 unspecified atom stereocenters. The van der Waals surface area contributed by atoms with Crippen LogP contribution in [0.25, 0.3) is 6.08 Å². The minimum absolute atomic E-state index is 0.201. The molecule has 2 amide bonds. The predicted molar refractivity (Wildman–Crippen MR) is 91.0 cm³/mol. The van der Waals surface area contributed by atoms with Gasteiger partial charge in [0, 0.05) is 16.1 Å². The van der Waals surface area contributed by atoms with Crippen LogP contribution in [0.5, 0.6) is 0 Å². The van der Waals surface area contributed by atoms with E-state index < -0.39 is 30.3 Å². The average molecular weight is 404 g/mol. The van der Waals surface area contributed by atoms with E-state index in [1.807, 2.05) is 0 Å². The second-order valence-electron chi connectivity index (χ2n) is 5.18. The number of esters is 1. The molecular formula is C18H11BrFNO4. The lowest BCUT2D eigenvalue weighted by Gasteiger charge is -2.12. The van der Waals surface area contributed by atoms with Gasteiger partial charge in [-0.05, 0) is 36.4 Å². The number of rotatable bonds is 4. The van der Waals surface area contributed by atoms with Gasteiger partial charge in [-0.15, -0.1) is 0 Å². The molecule has 0 aliphatic carbocycles. The SMILES string of the molecule is O=C(/C=C/c1cc(Br)ccc1F)OCN1C(=O)c2ccccc2C1=O. The van der Waals surface area contributed by atoms with Crippen LogP contribution < -0.4 is 0 Å². The zero-order chi connectivity index (χ0) is 18.0. The molecule has 0 saturated carbocycles. The number of hydrogen-bond donors (Lipinski definition) is 0. The van der Waals surface area contributed by atoms with Gasteiger partial charge >= 0.3 is 5.97 Å². The third-order valence-corrected chi connectivity index (χ3v) is 4.06. The number of imide groups is 1. The maximum Gasteiger partial charge on any atom is 0.332 e. The van der Waals surface area contributed by atoms with E-state index in [9.17, 15) is 18.8 Å². The highest BCUT2D eigenvalue weighted by molar-refractivity contribution is 9.10. The van der Waals surface area contributed by atoms with Gasteiger partial charge in [-0.1, -0.05) is 28.1 Å². The van der Waals surface area contributed by atoms with Crippen molar-refractivity contribution in [3.05, 3.63) is 75.5 Å². The van der Waals surface area contributed by atoms with Crippen LogP contribution in [0.4, 0.5) is 4.39 Å². The molecule has 1 heterocycles. The smallest absolute Gasteiger partial charge is 0.332 e. The lowest BCUT2D eigenvalue weighted by Crippen LogP contribution is -2.32. The minimum atomic E-state index is -0.795. The van der Waals surface area contributed by atoms with Crippen molar-refractivity contribution < 1.29 is 23.5 Å². The molecule has 0 spiro atoms. The normalized spacial score (nSPS) is 13.4. The third kappa shape index (κ3) is 3.51. The molecule has 1 aliphatic heterocycles. The first kappa shape index (κ1) is 17.0. The number of nitrogens with zero attached hydrogens (tertiary/aromatic N) is 1. The number of hydrogen-bond acceptors (Lipinski definition) is 4. The zero-order valence-corrected chi connectivity index (χ0v) is 14.3. The third-order valence-electron chi connectivity index (χ3n) is 3.57. The zero-order valence-electron chi connectivity index (χ0n) is 12.7. The lowest BCUT2D eigenvalue weighted by atomic mass is 10.1. The van der Waals surface area contributed by atoms with E-state index in [4.69, 9.17) is 4.74 Å². The van der Waals surface area contributed by atoms with Gasteiger partial charge in [0.05, 0.1) is 11.1 Å². The summed E-state index contributed by atoms with van der Waals surface area (Å²) in [6, 6.07) is 10.7. The maximum atomic E-state index is 13.6. The Morgan fingerprint density at radius 2 is 1.76 bits per heavy atom. The number of carbonyl (C=O) groups is 3. The number of carbonyl (C=O) groups excluding carboxylic acids is 3. The fourth-order valence-corrected chi connectivity index (χ4v) is 2.71. The summed E-state index contributed by atoms with van der Waals surface area (Å²) in [5.41, 5.74) is 0.748. The molecule has 5 nitrogen and oxygen atoms in total. The van der Waals surface area contributed by atoms with Crippen molar-refractivity contribution in [1.82, 2.24) is 4.90 Å². The van der Waals surface area contributed by atoms with Gasteiger partial charge in [-0.25, -0.2) is 14.1 Å². The summed E-state index contributed by atoms with van der Waals surface area (Å²) in [4.78, 5) is 36.9. The first-order valence-corrected chi connectivity index (χ1v) is 8.02.